The van der Waals surface area contributed by atoms with Crippen molar-refractivity contribution in [2.24, 2.45) is 0 Å². The van der Waals surface area contributed by atoms with E-state index in [0.29, 0.717) is 19.1 Å². The van der Waals surface area contributed by atoms with E-state index < -0.39 is 0 Å². The van der Waals surface area contributed by atoms with Crippen LogP contribution in [0.2, 0.25) is 0 Å². The summed E-state index contributed by atoms with van der Waals surface area (Å²) < 4.78 is 5.52. The van der Waals surface area contributed by atoms with Crippen LogP contribution < -0.4 is 0 Å². The topological polar surface area (TPSA) is 29.5 Å². The van der Waals surface area contributed by atoms with Gasteiger partial charge in [-0.15, -0.1) is 0 Å². The minimum atomic E-state index is 0.215. The minimum absolute atomic E-state index is 0.215. The van der Waals surface area contributed by atoms with Crippen LogP contribution in [0.5, 0.6) is 0 Å². The van der Waals surface area contributed by atoms with Crippen LogP contribution in [0, 0.1) is 0 Å². The minimum Gasteiger partial charge on any atom is -0.378 e. The molecule has 1 amide bonds. The van der Waals surface area contributed by atoms with Gasteiger partial charge in [-0.1, -0.05) is 0 Å². The van der Waals surface area contributed by atoms with Gasteiger partial charge in [-0.05, 0) is 41.7 Å². The molecule has 1 fully saturated rings. The molecule has 94 valence electrons. The molecule has 1 aromatic heterocycles. The molecule has 3 nitrogen and oxygen atoms in total. The molecule has 0 spiro atoms. The van der Waals surface area contributed by atoms with Crippen molar-refractivity contribution < 1.29 is 9.53 Å². The third kappa shape index (κ3) is 3.82. The van der Waals surface area contributed by atoms with Crippen LogP contribution in [-0.4, -0.2) is 30.6 Å². The summed E-state index contributed by atoms with van der Waals surface area (Å²) in [4.78, 5) is 13.7. The van der Waals surface area contributed by atoms with Crippen LogP contribution in [0.15, 0.2) is 16.8 Å². The lowest BCUT2D eigenvalue weighted by Crippen LogP contribution is -2.26. The summed E-state index contributed by atoms with van der Waals surface area (Å²) >= 11 is 1.67. The molecule has 2 rings (SSSR count). The molecule has 1 aliphatic heterocycles. The van der Waals surface area contributed by atoms with Gasteiger partial charge in [-0.25, -0.2) is 0 Å². The van der Waals surface area contributed by atoms with E-state index in [9.17, 15) is 4.79 Å². The second-order valence-electron chi connectivity index (χ2n) is 4.56. The third-order valence-electron chi connectivity index (χ3n) is 3.13. The molecule has 1 saturated heterocycles. The highest BCUT2D eigenvalue weighted by molar-refractivity contribution is 7.07. The van der Waals surface area contributed by atoms with Gasteiger partial charge in [0.2, 0.25) is 5.91 Å². The molecule has 0 N–H and O–H groups in total. The van der Waals surface area contributed by atoms with Gasteiger partial charge >= 0.3 is 0 Å². The SMILES string of the molecule is CN(Cc1ccsc1)C(=O)CCC1CCCO1. The van der Waals surface area contributed by atoms with E-state index in [1.54, 1.807) is 16.2 Å². The lowest BCUT2D eigenvalue weighted by molar-refractivity contribution is -0.131. The first kappa shape index (κ1) is 12.6. The standard InChI is InChI=1S/C13H19NO2S/c1-14(9-11-6-8-17-10-11)13(15)5-4-12-3-2-7-16-12/h6,8,10,12H,2-5,7,9H2,1H3. The van der Waals surface area contributed by atoms with Gasteiger partial charge in [-0.2, -0.15) is 11.3 Å². The lowest BCUT2D eigenvalue weighted by atomic mass is 10.1. The van der Waals surface area contributed by atoms with Crippen LogP contribution in [0.1, 0.15) is 31.2 Å². The van der Waals surface area contributed by atoms with Gasteiger partial charge in [0.15, 0.2) is 0 Å². The number of rotatable bonds is 5. The van der Waals surface area contributed by atoms with Crippen molar-refractivity contribution in [3.63, 3.8) is 0 Å². The zero-order chi connectivity index (χ0) is 12.1. The summed E-state index contributed by atoms with van der Waals surface area (Å²) in [6.45, 7) is 1.58. The van der Waals surface area contributed by atoms with Gasteiger partial charge in [0.1, 0.15) is 0 Å². The average Bonchev–Trinajstić information content (AvgIpc) is 2.98. The fourth-order valence-electron chi connectivity index (χ4n) is 2.09. The van der Waals surface area contributed by atoms with E-state index in [1.165, 1.54) is 5.56 Å². The number of ether oxygens (including phenoxy) is 1. The Labute approximate surface area is 106 Å². The maximum atomic E-state index is 11.9. The van der Waals surface area contributed by atoms with Gasteiger partial charge in [-0.3, -0.25) is 4.79 Å². The predicted molar refractivity (Wildman–Crippen MR) is 69.0 cm³/mol. The van der Waals surface area contributed by atoms with Crippen molar-refractivity contribution in [2.45, 2.75) is 38.3 Å². The Morgan fingerprint density at radius 3 is 3.18 bits per heavy atom. The maximum absolute atomic E-state index is 11.9. The largest absolute Gasteiger partial charge is 0.378 e. The summed E-state index contributed by atoms with van der Waals surface area (Å²) in [5.74, 6) is 0.215. The normalized spacial score (nSPS) is 19.5. The first-order valence-electron chi connectivity index (χ1n) is 6.12. The first-order chi connectivity index (χ1) is 8.25. The van der Waals surface area contributed by atoms with E-state index in [1.807, 2.05) is 12.4 Å². The Kier molecular flexibility index (Phi) is 4.57. The molecule has 0 aromatic carbocycles. The molecule has 1 aliphatic rings. The van der Waals surface area contributed by atoms with Gasteiger partial charge in [0, 0.05) is 26.6 Å². The summed E-state index contributed by atoms with van der Waals surface area (Å²) in [5.41, 5.74) is 1.21. The zero-order valence-corrected chi connectivity index (χ0v) is 11.0. The summed E-state index contributed by atoms with van der Waals surface area (Å²) in [7, 11) is 1.87. The smallest absolute Gasteiger partial charge is 0.222 e. The molecule has 2 heterocycles. The van der Waals surface area contributed by atoms with E-state index in [0.717, 1.165) is 25.9 Å². The molecule has 1 aromatic rings. The monoisotopic (exact) mass is 253 g/mol. The van der Waals surface area contributed by atoms with Crippen molar-refractivity contribution in [2.75, 3.05) is 13.7 Å². The molecule has 17 heavy (non-hydrogen) atoms. The maximum Gasteiger partial charge on any atom is 0.222 e. The van der Waals surface area contributed by atoms with Crippen LogP contribution in [-0.2, 0) is 16.1 Å². The molecular weight excluding hydrogens is 234 g/mol. The van der Waals surface area contributed by atoms with E-state index in [-0.39, 0.29) is 5.91 Å². The molecule has 0 bridgehead atoms. The van der Waals surface area contributed by atoms with E-state index in [4.69, 9.17) is 4.74 Å². The van der Waals surface area contributed by atoms with Gasteiger partial charge in [0.25, 0.3) is 0 Å². The second kappa shape index (κ2) is 6.17. The number of carbonyl (C=O) groups is 1. The Morgan fingerprint density at radius 2 is 2.53 bits per heavy atom. The van der Waals surface area contributed by atoms with Crippen molar-refractivity contribution in [1.82, 2.24) is 4.90 Å². The van der Waals surface area contributed by atoms with Crippen molar-refractivity contribution in [3.8, 4) is 0 Å². The molecular formula is C13H19NO2S. The number of carbonyl (C=O) groups excluding carboxylic acids is 1. The number of hydrogen-bond acceptors (Lipinski definition) is 3. The van der Waals surface area contributed by atoms with E-state index >= 15 is 0 Å². The molecule has 0 aliphatic carbocycles. The fourth-order valence-corrected chi connectivity index (χ4v) is 2.75. The Bertz CT molecular complexity index is 344. The second-order valence-corrected chi connectivity index (χ2v) is 5.34. The van der Waals surface area contributed by atoms with E-state index in [2.05, 4.69) is 11.4 Å². The quantitative estimate of drug-likeness (QED) is 0.807. The Hall–Kier alpha value is -0.870. The summed E-state index contributed by atoms with van der Waals surface area (Å²) in [6, 6.07) is 2.06. The van der Waals surface area contributed by atoms with Crippen molar-refractivity contribution >= 4 is 17.2 Å². The average molecular weight is 253 g/mol. The third-order valence-corrected chi connectivity index (χ3v) is 3.86. The highest BCUT2D eigenvalue weighted by Gasteiger charge is 2.18. The molecule has 1 atom stereocenters. The summed E-state index contributed by atoms with van der Waals surface area (Å²) in [6.07, 6.45) is 4.04. The van der Waals surface area contributed by atoms with Crippen LogP contribution >= 0.6 is 11.3 Å². The van der Waals surface area contributed by atoms with Crippen LogP contribution in [0.25, 0.3) is 0 Å². The van der Waals surface area contributed by atoms with Crippen molar-refractivity contribution in [1.29, 1.82) is 0 Å². The van der Waals surface area contributed by atoms with Crippen molar-refractivity contribution in [3.05, 3.63) is 22.4 Å². The predicted octanol–water partition coefficient (Wildman–Crippen LogP) is 2.67. The van der Waals surface area contributed by atoms with Gasteiger partial charge in [0.05, 0.1) is 6.10 Å². The highest BCUT2D eigenvalue weighted by Crippen LogP contribution is 2.17. The first-order valence-corrected chi connectivity index (χ1v) is 7.06. The summed E-state index contributed by atoms with van der Waals surface area (Å²) in [5, 5.41) is 4.13. The van der Waals surface area contributed by atoms with Crippen LogP contribution in [0.3, 0.4) is 0 Å². The molecule has 0 radical (unpaired) electrons. The molecule has 1 unspecified atom stereocenters. The number of thiophene rings is 1. The van der Waals surface area contributed by atoms with Crippen LogP contribution in [0.4, 0.5) is 0 Å². The number of amides is 1. The molecule has 0 saturated carbocycles. The Balaban J connectivity index is 1.71. The Morgan fingerprint density at radius 1 is 1.65 bits per heavy atom. The zero-order valence-electron chi connectivity index (χ0n) is 10.2. The molecule has 4 heteroatoms. The number of nitrogens with zero attached hydrogens (tertiary/aromatic N) is 1. The highest BCUT2D eigenvalue weighted by atomic mass is 32.1. The van der Waals surface area contributed by atoms with Gasteiger partial charge < -0.3 is 9.64 Å². The number of hydrogen-bond donors (Lipinski definition) is 0. The lowest BCUT2D eigenvalue weighted by Gasteiger charge is -2.17. The fraction of sp³-hybridized carbons (Fsp3) is 0.615.